The lowest BCUT2D eigenvalue weighted by Crippen LogP contribution is -2.57. The molecule has 0 spiro atoms. The number of amidine groups is 1. The van der Waals surface area contributed by atoms with Crippen molar-refractivity contribution in [1.82, 2.24) is 20.2 Å². The predicted molar refractivity (Wildman–Crippen MR) is 220 cm³/mol. The fourth-order valence-corrected chi connectivity index (χ4v) is 7.22. The lowest BCUT2D eigenvalue weighted by molar-refractivity contribution is -0.274. The minimum absolute atomic E-state index is 0.0354. The summed E-state index contributed by atoms with van der Waals surface area (Å²) in [7, 11) is 0. The first-order valence-corrected chi connectivity index (χ1v) is 20.4. The van der Waals surface area contributed by atoms with Crippen LogP contribution >= 0.6 is 11.6 Å². The van der Waals surface area contributed by atoms with Crippen molar-refractivity contribution < 1.29 is 59.1 Å². The Balaban J connectivity index is 1.08. The Morgan fingerprint density at radius 3 is 2.12 bits per heavy atom. The summed E-state index contributed by atoms with van der Waals surface area (Å²) in [5.74, 6) is -0.237. The number of aryl methyl sites for hydroxylation is 1. The first-order valence-electron chi connectivity index (χ1n) is 20.1. The third-order valence-electron chi connectivity index (χ3n) is 10.4. The topological polar surface area (TPSA) is 302 Å². The van der Waals surface area contributed by atoms with E-state index < -0.39 is 67.3 Å². The third kappa shape index (κ3) is 13.3. The fourth-order valence-electron chi connectivity index (χ4n) is 7.09. The van der Waals surface area contributed by atoms with Crippen molar-refractivity contribution in [3.05, 3.63) is 52.8 Å². The number of halogens is 1. The molecule has 1 aromatic heterocycles. The Kier molecular flexibility index (Phi) is 17.6. The van der Waals surface area contributed by atoms with Crippen LogP contribution in [-0.4, -0.2) is 158 Å². The van der Waals surface area contributed by atoms with E-state index in [2.05, 4.69) is 27.4 Å². The fraction of sp³-hybridized carbons (Fsp3) is 0.600. The highest BCUT2D eigenvalue weighted by Crippen LogP contribution is 2.25. The highest BCUT2D eigenvalue weighted by atomic mass is 35.5. The van der Waals surface area contributed by atoms with Gasteiger partial charge in [-0.2, -0.15) is 0 Å². The smallest absolute Gasteiger partial charge is 0.279 e. The van der Waals surface area contributed by atoms with Gasteiger partial charge < -0.3 is 71.1 Å². The van der Waals surface area contributed by atoms with Crippen molar-refractivity contribution in [2.24, 2.45) is 0 Å². The Hall–Kier alpha value is -3.83. The number of nitrogens with two attached hydrogens (primary N) is 2. The number of fused-ring (bicyclic) bond motifs is 1. The normalized spacial score (nSPS) is 24.2. The largest absolute Gasteiger partial charge is 0.494 e. The molecule has 2 saturated heterocycles. The number of amides is 1. The maximum atomic E-state index is 12.5. The summed E-state index contributed by atoms with van der Waals surface area (Å²) in [6.07, 6.45) is -7.59. The second kappa shape index (κ2) is 22.3. The maximum absolute atomic E-state index is 12.5. The van der Waals surface area contributed by atoms with E-state index in [-0.39, 0.29) is 67.8 Å². The average molecular weight is 864 g/mol. The van der Waals surface area contributed by atoms with Crippen LogP contribution in [0.2, 0.25) is 5.15 Å². The van der Waals surface area contributed by atoms with E-state index in [1.807, 2.05) is 24.3 Å². The van der Waals surface area contributed by atoms with Gasteiger partial charge in [0.2, 0.25) is 0 Å². The molecule has 2 aromatic carbocycles. The number of nitrogens with zero attached hydrogens (tertiary/aromatic N) is 3. The maximum Gasteiger partial charge on any atom is 0.279 e. The molecule has 0 bridgehead atoms. The number of hydrogen-bond acceptors (Lipinski definition) is 18. The zero-order chi connectivity index (χ0) is 43.5. The second-order valence-corrected chi connectivity index (χ2v) is 15.5. The van der Waals surface area contributed by atoms with Gasteiger partial charge >= 0.3 is 0 Å². The summed E-state index contributed by atoms with van der Waals surface area (Å²) in [6.45, 7) is 3.36. The number of anilines is 2. The Bertz CT molecular complexity index is 1840. The lowest BCUT2D eigenvalue weighted by Gasteiger charge is -2.39. The Labute approximate surface area is 353 Å². The molecule has 12 N–H and O–H groups in total. The first kappa shape index (κ1) is 47.2. The van der Waals surface area contributed by atoms with E-state index in [1.165, 1.54) is 0 Å². The summed E-state index contributed by atoms with van der Waals surface area (Å²) in [6, 6.07) is 12.0. The molecule has 332 valence electrons. The number of carbonyl (C=O) groups excluding carboxylic acids is 1. The quantitative estimate of drug-likeness (QED) is 0.0425. The van der Waals surface area contributed by atoms with Gasteiger partial charge in [0.15, 0.2) is 35.1 Å². The zero-order valence-electron chi connectivity index (χ0n) is 33.7. The van der Waals surface area contributed by atoms with Crippen LogP contribution in [-0.2, 0) is 25.4 Å². The van der Waals surface area contributed by atoms with Gasteiger partial charge in [-0.1, -0.05) is 42.3 Å². The van der Waals surface area contributed by atoms with E-state index in [0.29, 0.717) is 25.0 Å². The van der Waals surface area contributed by atoms with E-state index >= 15 is 0 Å². The molecule has 2 fully saturated rings. The van der Waals surface area contributed by atoms with Crippen molar-refractivity contribution in [1.29, 1.82) is 5.41 Å². The van der Waals surface area contributed by atoms with Crippen molar-refractivity contribution in [3.63, 3.8) is 0 Å². The molecule has 2 aliphatic heterocycles. The monoisotopic (exact) mass is 863 g/mol. The molecule has 0 aliphatic carbocycles. The molecule has 0 saturated carbocycles. The van der Waals surface area contributed by atoms with E-state index in [0.717, 1.165) is 35.6 Å². The van der Waals surface area contributed by atoms with Gasteiger partial charge in [0, 0.05) is 26.1 Å². The van der Waals surface area contributed by atoms with Gasteiger partial charge in [-0.25, -0.2) is 9.97 Å². The molecule has 20 heteroatoms. The van der Waals surface area contributed by atoms with Crippen LogP contribution < -0.4 is 21.5 Å². The van der Waals surface area contributed by atoms with Crippen LogP contribution in [0.15, 0.2) is 36.4 Å². The molecule has 0 radical (unpaired) electrons. The van der Waals surface area contributed by atoms with Crippen molar-refractivity contribution >= 4 is 45.8 Å². The second-order valence-electron chi connectivity index (χ2n) is 15.2. The highest BCUT2D eigenvalue weighted by molar-refractivity contribution is 6.31. The minimum atomic E-state index is -1.48. The van der Waals surface area contributed by atoms with Crippen LogP contribution in [0, 0.1) is 5.41 Å². The molecule has 10 atom stereocenters. The number of nitrogen functional groups attached to an aromatic ring is 2. The number of nitrogens with one attached hydrogen (secondary N) is 2. The Morgan fingerprint density at radius 1 is 0.883 bits per heavy atom. The number of aliphatic hydroxyl groups excluding tert-OH is 6. The summed E-state index contributed by atoms with van der Waals surface area (Å²) >= 11 is 5.85. The molecule has 5 rings (SSSR count). The predicted octanol–water partition coefficient (Wildman–Crippen LogP) is 0.717. The zero-order valence-corrected chi connectivity index (χ0v) is 34.5. The van der Waals surface area contributed by atoms with Crippen LogP contribution in [0.3, 0.4) is 0 Å². The average Bonchev–Trinajstić information content (AvgIpc) is 3.21. The van der Waals surface area contributed by atoms with Crippen molar-refractivity contribution in [3.8, 4) is 5.75 Å². The number of unbranched alkanes of at least 4 members (excludes halogenated alkanes) is 2. The number of hydrogen-bond donors (Lipinski definition) is 10. The summed E-state index contributed by atoms with van der Waals surface area (Å²) in [5.41, 5.74) is 12.3. The molecule has 2 unspecified atom stereocenters. The standard InChI is InChI=1S/C40H58ClN7O12/c1-21-57-19-29(51)35(59-21)33(53)27(49)17-48(18-28(50)34(54)36-30(52)20-58-22(2)60-36)13-6-14-56-26-12-11-24-15-23(9-10-25(24)16-26)7-4-3-5-8-31(42)45-40(55)32-38(43)47-39(44)37(41)46-32/h9-12,15-16,21-22,27-30,33-36,49-54H,3-8,13-14,17-20H2,1-2H3,(H2,42,45,55)(H4,43,44,47)/t21?,22?,27-,28-,29+,30+,33+,34+,35+,36+/m0/s1. The third-order valence-corrected chi connectivity index (χ3v) is 10.6. The lowest BCUT2D eigenvalue weighted by atomic mass is 10.00. The molecule has 2 aliphatic rings. The van der Waals surface area contributed by atoms with Crippen molar-refractivity contribution in [2.75, 3.05) is 50.9 Å². The summed E-state index contributed by atoms with van der Waals surface area (Å²) in [4.78, 5) is 21.8. The molecule has 60 heavy (non-hydrogen) atoms. The van der Waals surface area contributed by atoms with Gasteiger partial charge in [0.25, 0.3) is 5.91 Å². The Morgan fingerprint density at radius 2 is 1.48 bits per heavy atom. The van der Waals surface area contributed by atoms with Gasteiger partial charge in [0.1, 0.15) is 48.2 Å². The molecular formula is C40H58ClN7O12. The summed E-state index contributed by atoms with van der Waals surface area (Å²) in [5, 5.41) is 77.1. The molecular weight excluding hydrogens is 806 g/mol. The van der Waals surface area contributed by atoms with Gasteiger partial charge in [-0.05, 0) is 68.0 Å². The van der Waals surface area contributed by atoms with E-state index in [4.69, 9.17) is 52.2 Å². The van der Waals surface area contributed by atoms with E-state index in [1.54, 1.807) is 18.7 Å². The molecule has 3 heterocycles. The number of carbonyl (C=O) groups is 1. The number of ether oxygens (including phenoxy) is 5. The van der Waals surface area contributed by atoms with Crippen LogP contribution in [0.1, 0.15) is 62.0 Å². The minimum Gasteiger partial charge on any atom is -0.494 e. The molecule has 1 amide bonds. The van der Waals surface area contributed by atoms with Gasteiger partial charge in [-0.15, -0.1) is 0 Å². The van der Waals surface area contributed by atoms with Gasteiger partial charge in [0.05, 0.1) is 32.0 Å². The number of aromatic nitrogens is 2. The van der Waals surface area contributed by atoms with Crippen LogP contribution in [0.25, 0.3) is 10.8 Å². The van der Waals surface area contributed by atoms with Gasteiger partial charge in [-0.3, -0.25) is 15.1 Å². The molecule has 3 aromatic rings. The SMILES string of the molecule is CC1OC[C@@H](O)[C@H]([C@H](O)[C@@H](O)CN(CCCOc2ccc3cc(CCCCCC(=N)NC(=O)c4nc(Cl)c(N)nc4N)ccc3c2)C[C@H](O)[C@@H](O)[C@@H]2OC(C)OC[C@H]2O)O1. The molecule has 19 nitrogen and oxygen atoms in total. The van der Waals surface area contributed by atoms with Crippen molar-refractivity contribution in [2.45, 2.75) is 114 Å². The highest BCUT2D eigenvalue weighted by Gasteiger charge is 2.40. The number of rotatable bonds is 20. The number of aliphatic hydroxyl groups is 6. The first-order chi connectivity index (χ1) is 28.6. The van der Waals surface area contributed by atoms with E-state index in [9.17, 15) is 35.4 Å². The van der Waals surface area contributed by atoms with Crippen LogP contribution in [0.4, 0.5) is 11.6 Å². The van der Waals surface area contributed by atoms with Crippen LogP contribution in [0.5, 0.6) is 5.75 Å². The summed E-state index contributed by atoms with van der Waals surface area (Å²) < 4.78 is 27.6. The number of benzene rings is 2.